The third-order valence-electron chi connectivity index (χ3n) is 12.9. The van der Waals surface area contributed by atoms with Gasteiger partial charge in [-0.3, -0.25) is 4.79 Å². The highest BCUT2D eigenvalue weighted by Crippen LogP contribution is 2.17. The van der Waals surface area contributed by atoms with Gasteiger partial charge in [0.15, 0.2) is 0 Å². The Morgan fingerprint density at radius 2 is 0.672 bits per heavy atom. The van der Waals surface area contributed by atoms with Crippen molar-refractivity contribution in [3.63, 3.8) is 0 Å². The van der Waals surface area contributed by atoms with E-state index in [9.17, 15) is 15.0 Å². The first-order valence-corrected chi connectivity index (χ1v) is 27.7. The normalized spacial score (nSPS) is 13.0. The van der Waals surface area contributed by atoms with E-state index in [4.69, 9.17) is 0 Å². The highest BCUT2D eigenvalue weighted by molar-refractivity contribution is 5.76. The quantitative estimate of drug-likeness (QED) is 0.0422. The minimum atomic E-state index is -0.655. The Balaban J connectivity index is 3.35. The van der Waals surface area contributed by atoms with Gasteiger partial charge in [-0.15, -0.1) is 0 Å². The summed E-state index contributed by atoms with van der Waals surface area (Å²) in [5, 5.41) is 23.1. The minimum absolute atomic E-state index is 0.0283. The van der Waals surface area contributed by atoms with E-state index in [0.717, 1.165) is 38.5 Å². The van der Waals surface area contributed by atoms with Crippen LogP contribution in [0.5, 0.6) is 0 Å². The highest BCUT2D eigenvalue weighted by atomic mass is 16.3. The summed E-state index contributed by atoms with van der Waals surface area (Å²) < 4.78 is 0. The van der Waals surface area contributed by atoms with Gasteiger partial charge in [0.25, 0.3) is 0 Å². The van der Waals surface area contributed by atoms with Crippen molar-refractivity contribution in [2.75, 3.05) is 6.61 Å². The van der Waals surface area contributed by atoms with E-state index in [1.165, 1.54) is 238 Å². The van der Waals surface area contributed by atoms with Crippen LogP contribution in [0.25, 0.3) is 0 Å². The lowest BCUT2D eigenvalue weighted by Gasteiger charge is -2.22. The predicted molar refractivity (Wildman–Crippen MR) is 272 cm³/mol. The van der Waals surface area contributed by atoms with Crippen LogP contribution >= 0.6 is 0 Å². The van der Waals surface area contributed by atoms with Gasteiger partial charge in [-0.25, -0.2) is 0 Å². The third-order valence-corrected chi connectivity index (χ3v) is 12.9. The second kappa shape index (κ2) is 53.0. The molecule has 1 amide bonds. The fourth-order valence-corrected chi connectivity index (χ4v) is 8.66. The van der Waals surface area contributed by atoms with E-state index < -0.39 is 12.1 Å². The standard InChI is InChI=1S/C57H109NO3/c1-3-5-7-9-11-13-15-16-17-18-19-20-21-22-23-24-25-26-27-28-29-30-31-32-33-34-35-36-37-38-39-40-41-42-43-45-47-49-51-53-57(61)58-55(54-59)56(60)52-50-48-46-44-14-12-10-8-6-4-2/h15-16,18-19,21-22,55-56,59-60H,3-14,17,20,23-54H2,1-2H3,(H,58,61)/b16-15-,19-18-,22-21-. The van der Waals surface area contributed by atoms with Crippen molar-refractivity contribution < 1.29 is 15.0 Å². The van der Waals surface area contributed by atoms with Crippen LogP contribution in [-0.2, 0) is 4.79 Å². The second-order valence-electron chi connectivity index (χ2n) is 19.0. The molecule has 3 N–H and O–H groups in total. The SMILES string of the molecule is CCCCCCC/C=C\C/C=C\C/C=C\CCCCCCCCCCCCCCCCCCCCCCCCCCC(=O)NC(CO)C(O)CCCCCCCCCCCC. The fraction of sp³-hybridized carbons (Fsp3) is 0.877. The zero-order valence-electron chi connectivity index (χ0n) is 41.4. The number of unbranched alkanes of at least 4 members (excludes halogenated alkanes) is 38. The van der Waals surface area contributed by atoms with Crippen LogP contribution in [0.15, 0.2) is 36.5 Å². The topological polar surface area (TPSA) is 69.6 Å². The zero-order chi connectivity index (χ0) is 44.2. The van der Waals surface area contributed by atoms with Gasteiger partial charge in [0.05, 0.1) is 18.8 Å². The highest BCUT2D eigenvalue weighted by Gasteiger charge is 2.20. The number of hydrogen-bond acceptors (Lipinski definition) is 3. The van der Waals surface area contributed by atoms with Gasteiger partial charge in [-0.05, 0) is 51.4 Å². The molecule has 0 spiro atoms. The number of allylic oxidation sites excluding steroid dienone is 6. The van der Waals surface area contributed by atoms with Gasteiger partial charge in [0.2, 0.25) is 5.91 Å². The maximum absolute atomic E-state index is 12.4. The molecule has 2 unspecified atom stereocenters. The van der Waals surface area contributed by atoms with E-state index >= 15 is 0 Å². The van der Waals surface area contributed by atoms with Crippen molar-refractivity contribution in [1.29, 1.82) is 0 Å². The number of carbonyl (C=O) groups is 1. The smallest absolute Gasteiger partial charge is 0.220 e. The van der Waals surface area contributed by atoms with E-state index in [2.05, 4.69) is 55.6 Å². The zero-order valence-corrected chi connectivity index (χ0v) is 41.4. The molecule has 0 heterocycles. The monoisotopic (exact) mass is 856 g/mol. The molecule has 0 saturated heterocycles. The van der Waals surface area contributed by atoms with Crippen LogP contribution in [0, 0.1) is 0 Å². The number of aliphatic hydroxyl groups excluding tert-OH is 2. The van der Waals surface area contributed by atoms with Gasteiger partial charge in [0.1, 0.15) is 0 Å². The molecule has 0 aliphatic rings. The Morgan fingerprint density at radius 3 is 1.00 bits per heavy atom. The van der Waals surface area contributed by atoms with E-state index in [1.807, 2.05) is 0 Å². The summed E-state index contributed by atoms with van der Waals surface area (Å²) in [6.07, 6.45) is 71.5. The van der Waals surface area contributed by atoms with Crippen molar-refractivity contribution in [2.24, 2.45) is 0 Å². The molecule has 0 aromatic rings. The largest absolute Gasteiger partial charge is 0.394 e. The summed E-state index contributed by atoms with van der Waals surface area (Å²) in [7, 11) is 0. The number of rotatable bonds is 51. The van der Waals surface area contributed by atoms with E-state index in [0.29, 0.717) is 12.8 Å². The van der Waals surface area contributed by atoms with Gasteiger partial charge in [0, 0.05) is 6.42 Å². The Labute approximate surface area is 382 Å². The average Bonchev–Trinajstić information content (AvgIpc) is 3.26. The van der Waals surface area contributed by atoms with Crippen molar-refractivity contribution in [3.8, 4) is 0 Å². The molecule has 61 heavy (non-hydrogen) atoms. The van der Waals surface area contributed by atoms with E-state index in [-0.39, 0.29) is 12.5 Å². The summed E-state index contributed by atoms with van der Waals surface area (Å²) in [6, 6.07) is -0.532. The Hall–Kier alpha value is -1.39. The molecule has 0 saturated carbocycles. The molecule has 0 bridgehead atoms. The first-order valence-electron chi connectivity index (χ1n) is 27.7. The molecule has 0 aliphatic heterocycles. The molecule has 4 heteroatoms. The number of amides is 1. The first-order chi connectivity index (χ1) is 30.2. The minimum Gasteiger partial charge on any atom is -0.394 e. The number of carbonyl (C=O) groups excluding carboxylic acids is 1. The molecule has 0 rings (SSSR count). The van der Waals surface area contributed by atoms with Crippen LogP contribution in [0.4, 0.5) is 0 Å². The molecular weight excluding hydrogens is 747 g/mol. The van der Waals surface area contributed by atoms with Crippen LogP contribution in [0.2, 0.25) is 0 Å². The summed E-state index contributed by atoms with van der Waals surface area (Å²) in [4.78, 5) is 12.4. The van der Waals surface area contributed by atoms with Gasteiger partial charge < -0.3 is 15.5 Å². The lowest BCUT2D eigenvalue weighted by atomic mass is 10.0. The summed E-state index contributed by atoms with van der Waals surface area (Å²) >= 11 is 0. The number of aliphatic hydroxyl groups is 2. The van der Waals surface area contributed by atoms with E-state index in [1.54, 1.807) is 0 Å². The van der Waals surface area contributed by atoms with Gasteiger partial charge in [-0.2, -0.15) is 0 Å². The molecule has 0 aromatic heterocycles. The lowest BCUT2D eigenvalue weighted by molar-refractivity contribution is -0.123. The summed E-state index contributed by atoms with van der Waals surface area (Å²) in [5.41, 5.74) is 0. The van der Waals surface area contributed by atoms with Gasteiger partial charge >= 0.3 is 0 Å². The van der Waals surface area contributed by atoms with Crippen LogP contribution < -0.4 is 5.32 Å². The van der Waals surface area contributed by atoms with Crippen molar-refractivity contribution in [1.82, 2.24) is 5.32 Å². The third kappa shape index (κ3) is 49.5. The summed E-state index contributed by atoms with van der Waals surface area (Å²) in [6.45, 7) is 4.35. The lowest BCUT2D eigenvalue weighted by Crippen LogP contribution is -2.45. The Kier molecular flexibility index (Phi) is 51.7. The molecule has 2 atom stereocenters. The number of hydrogen-bond donors (Lipinski definition) is 3. The molecule has 0 aromatic carbocycles. The van der Waals surface area contributed by atoms with Crippen LogP contribution in [0.3, 0.4) is 0 Å². The van der Waals surface area contributed by atoms with Crippen LogP contribution in [0.1, 0.15) is 303 Å². The number of nitrogens with one attached hydrogen (secondary N) is 1. The summed E-state index contributed by atoms with van der Waals surface area (Å²) in [5.74, 6) is -0.0283. The molecule has 0 fully saturated rings. The predicted octanol–water partition coefficient (Wildman–Crippen LogP) is 18.1. The first kappa shape index (κ1) is 59.6. The van der Waals surface area contributed by atoms with Crippen LogP contribution in [-0.4, -0.2) is 34.9 Å². The molecule has 0 radical (unpaired) electrons. The Bertz CT molecular complexity index is 928. The molecule has 0 aliphatic carbocycles. The molecule has 4 nitrogen and oxygen atoms in total. The van der Waals surface area contributed by atoms with Crippen molar-refractivity contribution in [2.45, 2.75) is 315 Å². The van der Waals surface area contributed by atoms with Crippen molar-refractivity contribution in [3.05, 3.63) is 36.5 Å². The molecular formula is C57H109NO3. The maximum Gasteiger partial charge on any atom is 0.220 e. The average molecular weight is 857 g/mol. The van der Waals surface area contributed by atoms with Crippen molar-refractivity contribution >= 4 is 5.91 Å². The Morgan fingerprint density at radius 1 is 0.393 bits per heavy atom. The fourth-order valence-electron chi connectivity index (χ4n) is 8.66. The van der Waals surface area contributed by atoms with Gasteiger partial charge in [-0.1, -0.05) is 281 Å². The molecule has 360 valence electrons. The second-order valence-corrected chi connectivity index (χ2v) is 19.0. The maximum atomic E-state index is 12.4.